The predicted molar refractivity (Wildman–Crippen MR) is 64.1 cm³/mol. The van der Waals surface area contributed by atoms with Gasteiger partial charge in [-0.05, 0) is 20.3 Å². The molecule has 1 aliphatic heterocycles. The zero-order valence-electron chi connectivity index (χ0n) is 10.9. The molecule has 7 heteroatoms. The largest absolute Gasteiger partial charge is 0.480 e. The van der Waals surface area contributed by atoms with E-state index in [0.29, 0.717) is 19.5 Å². The first-order valence-electron chi connectivity index (χ1n) is 5.78. The van der Waals surface area contributed by atoms with Crippen LogP contribution in [0.25, 0.3) is 0 Å². The van der Waals surface area contributed by atoms with Crippen molar-refractivity contribution in [3.05, 3.63) is 0 Å². The first-order chi connectivity index (χ1) is 8.24. The molecule has 0 atom stereocenters. The number of nitrogens with zero attached hydrogens (tertiary/aromatic N) is 2. The molecule has 102 valence electrons. The van der Waals surface area contributed by atoms with Gasteiger partial charge in [0.25, 0.3) is 0 Å². The molecule has 7 nitrogen and oxygen atoms in total. The van der Waals surface area contributed by atoms with Crippen LogP contribution >= 0.6 is 0 Å². The fourth-order valence-electron chi connectivity index (χ4n) is 1.56. The topological polar surface area (TPSA) is 89.9 Å². The van der Waals surface area contributed by atoms with E-state index in [0.717, 1.165) is 0 Å². The minimum absolute atomic E-state index is 0.0158. The summed E-state index contributed by atoms with van der Waals surface area (Å²) in [5, 5.41) is 11.3. The highest BCUT2D eigenvalue weighted by Gasteiger charge is 2.32. The molecule has 1 fully saturated rings. The summed E-state index contributed by atoms with van der Waals surface area (Å²) in [7, 11) is 1.69. The van der Waals surface area contributed by atoms with Crippen molar-refractivity contribution in [2.45, 2.75) is 25.8 Å². The van der Waals surface area contributed by atoms with Crippen LogP contribution in [0, 0.1) is 0 Å². The molecule has 3 amide bonds. The maximum absolute atomic E-state index is 11.9. The number of carboxylic acid groups (broad SMARTS) is 1. The van der Waals surface area contributed by atoms with Crippen molar-refractivity contribution in [3.8, 4) is 0 Å². The summed E-state index contributed by atoms with van der Waals surface area (Å²) in [5.74, 6) is -1.26. The lowest BCUT2D eigenvalue weighted by atomic mass is 10.1. The molecule has 1 saturated heterocycles. The van der Waals surface area contributed by atoms with Crippen LogP contribution in [0.15, 0.2) is 0 Å². The summed E-state index contributed by atoms with van der Waals surface area (Å²) in [4.78, 5) is 37.3. The van der Waals surface area contributed by atoms with Gasteiger partial charge in [0.1, 0.15) is 12.1 Å². The number of nitrogens with one attached hydrogen (secondary N) is 1. The van der Waals surface area contributed by atoms with Gasteiger partial charge in [-0.15, -0.1) is 0 Å². The van der Waals surface area contributed by atoms with E-state index in [1.807, 2.05) is 0 Å². The Bertz CT molecular complexity index is 367. The molecule has 0 unspecified atom stereocenters. The van der Waals surface area contributed by atoms with Gasteiger partial charge in [0.05, 0.1) is 0 Å². The zero-order valence-corrected chi connectivity index (χ0v) is 10.9. The summed E-state index contributed by atoms with van der Waals surface area (Å²) in [6.45, 7) is 3.83. The van der Waals surface area contributed by atoms with Gasteiger partial charge in [0.15, 0.2) is 0 Å². The van der Waals surface area contributed by atoms with E-state index in [-0.39, 0.29) is 12.5 Å². The standard InChI is InChI=1S/C11H19N3O4/c1-11(2,9(16)17)12-10(18)14-6-4-5-13(3)8(15)7-14/h4-7H2,1-3H3,(H,12,18)(H,16,17). The van der Waals surface area contributed by atoms with Crippen molar-refractivity contribution in [2.75, 3.05) is 26.7 Å². The third kappa shape index (κ3) is 3.35. The van der Waals surface area contributed by atoms with Crippen molar-refractivity contribution >= 4 is 17.9 Å². The van der Waals surface area contributed by atoms with Crippen molar-refractivity contribution in [1.82, 2.24) is 15.1 Å². The highest BCUT2D eigenvalue weighted by atomic mass is 16.4. The number of hydrogen-bond acceptors (Lipinski definition) is 3. The third-order valence-electron chi connectivity index (χ3n) is 2.91. The smallest absolute Gasteiger partial charge is 0.328 e. The molecule has 18 heavy (non-hydrogen) atoms. The highest BCUT2D eigenvalue weighted by molar-refractivity contribution is 5.88. The van der Waals surface area contributed by atoms with E-state index in [2.05, 4.69) is 5.32 Å². The number of aliphatic carboxylic acids is 1. The number of amides is 3. The summed E-state index contributed by atoms with van der Waals surface area (Å²) < 4.78 is 0. The number of rotatable bonds is 2. The SMILES string of the molecule is CN1CCCN(C(=O)NC(C)(C)C(=O)O)CC1=O. The van der Waals surface area contributed by atoms with E-state index in [9.17, 15) is 14.4 Å². The molecule has 0 aromatic heterocycles. The molecule has 0 bridgehead atoms. The van der Waals surface area contributed by atoms with Crippen molar-refractivity contribution < 1.29 is 19.5 Å². The summed E-state index contributed by atoms with van der Waals surface area (Å²) in [5.41, 5.74) is -1.35. The molecule has 0 spiro atoms. The lowest BCUT2D eigenvalue weighted by Crippen LogP contribution is -2.55. The van der Waals surface area contributed by atoms with Crippen LogP contribution in [0.1, 0.15) is 20.3 Å². The van der Waals surface area contributed by atoms with Crippen LogP contribution in [0.2, 0.25) is 0 Å². The molecule has 1 aliphatic rings. The Labute approximate surface area is 106 Å². The van der Waals surface area contributed by atoms with E-state index >= 15 is 0 Å². The molecule has 0 aromatic carbocycles. The van der Waals surface area contributed by atoms with Crippen LogP contribution in [0.4, 0.5) is 4.79 Å². The second kappa shape index (κ2) is 5.24. The Balaban J connectivity index is 2.67. The normalized spacial score (nSPS) is 17.4. The molecule has 1 heterocycles. The van der Waals surface area contributed by atoms with Crippen LogP contribution in [0.5, 0.6) is 0 Å². The van der Waals surface area contributed by atoms with E-state index in [4.69, 9.17) is 5.11 Å². The van der Waals surface area contributed by atoms with Crippen molar-refractivity contribution in [3.63, 3.8) is 0 Å². The predicted octanol–water partition coefficient (Wildman–Crippen LogP) is -0.277. The number of urea groups is 1. The maximum atomic E-state index is 11.9. The Morgan fingerprint density at radius 1 is 1.33 bits per heavy atom. The van der Waals surface area contributed by atoms with Gasteiger partial charge in [-0.1, -0.05) is 0 Å². The minimum atomic E-state index is -1.35. The maximum Gasteiger partial charge on any atom is 0.328 e. The average molecular weight is 257 g/mol. The third-order valence-corrected chi connectivity index (χ3v) is 2.91. The van der Waals surface area contributed by atoms with Crippen molar-refractivity contribution in [2.24, 2.45) is 0 Å². The molecule has 0 saturated carbocycles. The Hall–Kier alpha value is -1.79. The molecule has 0 aromatic rings. The molecule has 2 N–H and O–H groups in total. The summed E-state index contributed by atoms with van der Waals surface area (Å²) in [6.07, 6.45) is 0.684. The highest BCUT2D eigenvalue weighted by Crippen LogP contribution is 2.07. The van der Waals surface area contributed by atoms with Gasteiger partial charge in [-0.2, -0.15) is 0 Å². The second-order valence-electron chi connectivity index (χ2n) is 4.95. The van der Waals surface area contributed by atoms with E-state index in [1.165, 1.54) is 18.7 Å². The van der Waals surface area contributed by atoms with E-state index < -0.39 is 17.5 Å². The number of carbonyl (C=O) groups excluding carboxylic acids is 2. The molecule has 1 rings (SSSR count). The first kappa shape index (κ1) is 14.3. The van der Waals surface area contributed by atoms with Crippen LogP contribution in [-0.4, -0.2) is 65.0 Å². The zero-order chi connectivity index (χ0) is 13.9. The average Bonchev–Trinajstić information content (AvgIpc) is 2.41. The van der Waals surface area contributed by atoms with Gasteiger partial charge in [0.2, 0.25) is 5.91 Å². The van der Waals surface area contributed by atoms with E-state index in [1.54, 1.807) is 11.9 Å². The van der Waals surface area contributed by atoms with Gasteiger partial charge < -0.3 is 20.2 Å². The Kier molecular flexibility index (Phi) is 4.15. The Morgan fingerprint density at radius 2 is 1.94 bits per heavy atom. The van der Waals surface area contributed by atoms with Crippen LogP contribution < -0.4 is 5.32 Å². The number of hydrogen-bond donors (Lipinski definition) is 2. The van der Waals surface area contributed by atoms with Gasteiger partial charge in [0, 0.05) is 20.1 Å². The lowest BCUT2D eigenvalue weighted by Gasteiger charge is -2.26. The summed E-state index contributed by atoms with van der Waals surface area (Å²) >= 11 is 0. The quantitative estimate of drug-likeness (QED) is 0.712. The van der Waals surface area contributed by atoms with Crippen molar-refractivity contribution in [1.29, 1.82) is 0 Å². The van der Waals surface area contributed by atoms with Gasteiger partial charge in [-0.3, -0.25) is 4.79 Å². The van der Waals surface area contributed by atoms with Crippen LogP contribution in [-0.2, 0) is 9.59 Å². The number of carboxylic acids is 1. The van der Waals surface area contributed by atoms with Crippen LogP contribution in [0.3, 0.4) is 0 Å². The molecule has 0 aliphatic carbocycles. The molecule has 0 radical (unpaired) electrons. The lowest BCUT2D eigenvalue weighted by molar-refractivity contribution is -0.143. The number of likely N-dealkylation sites (N-methyl/N-ethyl adjacent to an activating group) is 1. The monoisotopic (exact) mass is 257 g/mol. The Morgan fingerprint density at radius 3 is 2.50 bits per heavy atom. The first-order valence-corrected chi connectivity index (χ1v) is 5.78. The number of carbonyl (C=O) groups is 3. The van der Waals surface area contributed by atoms with Gasteiger partial charge in [-0.25, -0.2) is 9.59 Å². The minimum Gasteiger partial charge on any atom is -0.480 e. The molecular weight excluding hydrogens is 238 g/mol. The fraction of sp³-hybridized carbons (Fsp3) is 0.727. The van der Waals surface area contributed by atoms with Gasteiger partial charge >= 0.3 is 12.0 Å². The second-order valence-corrected chi connectivity index (χ2v) is 4.95. The fourth-order valence-corrected chi connectivity index (χ4v) is 1.56. The summed E-state index contributed by atoms with van der Waals surface area (Å²) in [6, 6.07) is -0.522. The molecular formula is C11H19N3O4.